The fourth-order valence-corrected chi connectivity index (χ4v) is 2.10. The molecule has 74 valence electrons. The van der Waals surface area contributed by atoms with Crippen LogP contribution in [-0.2, 0) is 9.59 Å². The second kappa shape index (κ2) is 3.48. The van der Waals surface area contributed by atoms with Crippen molar-refractivity contribution in [2.75, 3.05) is 6.54 Å². The number of hydrogen-bond acceptors (Lipinski definition) is 2. The molecule has 0 aromatic carbocycles. The number of ketones is 1. The molecule has 1 rings (SSSR count). The van der Waals surface area contributed by atoms with Crippen molar-refractivity contribution in [3.63, 3.8) is 0 Å². The molecule has 0 saturated carbocycles. The van der Waals surface area contributed by atoms with Gasteiger partial charge in [0.15, 0.2) is 5.78 Å². The minimum atomic E-state index is -0.188. The van der Waals surface area contributed by atoms with Crippen LogP contribution >= 0.6 is 0 Å². The van der Waals surface area contributed by atoms with Crippen LogP contribution in [0.5, 0.6) is 0 Å². The van der Waals surface area contributed by atoms with Crippen LogP contribution in [0.25, 0.3) is 0 Å². The van der Waals surface area contributed by atoms with E-state index in [1.54, 1.807) is 11.8 Å². The first-order valence-electron chi connectivity index (χ1n) is 4.72. The van der Waals surface area contributed by atoms with Gasteiger partial charge in [-0.05, 0) is 18.8 Å². The van der Waals surface area contributed by atoms with E-state index in [4.69, 9.17) is 0 Å². The second-order valence-electron chi connectivity index (χ2n) is 4.06. The van der Waals surface area contributed by atoms with E-state index < -0.39 is 0 Å². The van der Waals surface area contributed by atoms with Crippen LogP contribution in [0.4, 0.5) is 0 Å². The lowest BCUT2D eigenvalue weighted by atomic mass is 9.92. The molecule has 0 N–H and O–H groups in total. The van der Waals surface area contributed by atoms with E-state index in [-0.39, 0.29) is 17.7 Å². The maximum Gasteiger partial charge on any atom is 0.220 e. The van der Waals surface area contributed by atoms with Crippen LogP contribution in [0.2, 0.25) is 0 Å². The Morgan fingerprint density at radius 3 is 2.08 bits per heavy atom. The summed E-state index contributed by atoms with van der Waals surface area (Å²) in [4.78, 5) is 24.2. The van der Waals surface area contributed by atoms with Crippen molar-refractivity contribution in [3.05, 3.63) is 0 Å². The number of Topliss-reactive ketones (excluding diaryl/α,β-unsaturated/α-hetero) is 1. The SMILES string of the molecule is CC(=O)[C@@H]1[C@@H](C)[C@@H](C)CN1C(C)=O. The highest BCUT2D eigenvalue weighted by molar-refractivity contribution is 5.87. The van der Waals surface area contributed by atoms with Gasteiger partial charge in [-0.1, -0.05) is 13.8 Å². The lowest BCUT2D eigenvalue weighted by Gasteiger charge is -2.23. The molecule has 3 atom stereocenters. The third-order valence-corrected chi connectivity index (χ3v) is 3.04. The maximum absolute atomic E-state index is 11.3. The molecule has 0 aromatic heterocycles. The monoisotopic (exact) mass is 183 g/mol. The van der Waals surface area contributed by atoms with Crippen molar-refractivity contribution in [2.24, 2.45) is 11.8 Å². The molecule has 0 bridgehead atoms. The van der Waals surface area contributed by atoms with Crippen molar-refractivity contribution in [2.45, 2.75) is 33.7 Å². The first-order chi connectivity index (χ1) is 5.95. The Morgan fingerprint density at radius 2 is 1.77 bits per heavy atom. The van der Waals surface area contributed by atoms with E-state index in [2.05, 4.69) is 6.92 Å². The Labute approximate surface area is 79.1 Å². The normalized spacial score (nSPS) is 33.5. The zero-order valence-corrected chi connectivity index (χ0v) is 8.70. The van der Waals surface area contributed by atoms with E-state index in [1.807, 2.05) is 6.92 Å². The summed E-state index contributed by atoms with van der Waals surface area (Å²) < 4.78 is 0. The van der Waals surface area contributed by atoms with E-state index in [0.717, 1.165) is 6.54 Å². The number of carbonyl (C=O) groups is 2. The van der Waals surface area contributed by atoms with Crippen LogP contribution in [0.15, 0.2) is 0 Å². The molecule has 1 aliphatic heterocycles. The molecule has 0 radical (unpaired) electrons. The molecule has 3 heteroatoms. The van der Waals surface area contributed by atoms with Gasteiger partial charge in [0, 0.05) is 13.5 Å². The fraction of sp³-hybridized carbons (Fsp3) is 0.800. The first kappa shape index (κ1) is 10.2. The van der Waals surface area contributed by atoms with Crippen LogP contribution in [0.1, 0.15) is 27.7 Å². The van der Waals surface area contributed by atoms with Crippen molar-refractivity contribution in [3.8, 4) is 0 Å². The van der Waals surface area contributed by atoms with Crippen molar-refractivity contribution in [1.82, 2.24) is 4.90 Å². The highest BCUT2D eigenvalue weighted by Crippen LogP contribution is 2.29. The maximum atomic E-state index is 11.3. The van der Waals surface area contributed by atoms with E-state index in [1.165, 1.54) is 6.92 Å². The average Bonchev–Trinajstić information content (AvgIpc) is 2.28. The van der Waals surface area contributed by atoms with Crippen molar-refractivity contribution < 1.29 is 9.59 Å². The van der Waals surface area contributed by atoms with Crippen LogP contribution in [-0.4, -0.2) is 29.2 Å². The molecular weight excluding hydrogens is 166 g/mol. The number of nitrogens with zero attached hydrogens (tertiary/aromatic N) is 1. The van der Waals surface area contributed by atoms with Gasteiger partial charge < -0.3 is 4.90 Å². The predicted octanol–water partition coefficient (Wildman–Crippen LogP) is 1.08. The number of amides is 1. The zero-order valence-electron chi connectivity index (χ0n) is 8.70. The Morgan fingerprint density at radius 1 is 1.23 bits per heavy atom. The highest BCUT2D eigenvalue weighted by Gasteiger charge is 2.40. The molecule has 1 saturated heterocycles. The molecule has 0 aliphatic carbocycles. The number of carbonyl (C=O) groups excluding carboxylic acids is 2. The predicted molar refractivity (Wildman–Crippen MR) is 50.2 cm³/mol. The number of hydrogen-bond donors (Lipinski definition) is 0. The molecule has 0 aromatic rings. The molecule has 3 nitrogen and oxygen atoms in total. The van der Waals surface area contributed by atoms with E-state index >= 15 is 0 Å². The Bertz CT molecular complexity index is 237. The van der Waals surface area contributed by atoms with Gasteiger partial charge in [0.25, 0.3) is 0 Å². The van der Waals surface area contributed by atoms with Gasteiger partial charge in [0.1, 0.15) is 0 Å². The standard InChI is InChI=1S/C10H17NO2/c1-6-5-11(9(4)13)10(7(6)2)8(3)12/h6-7,10H,5H2,1-4H3/t6-,7-,10-/m0/s1. The minimum Gasteiger partial charge on any atom is -0.332 e. The minimum absolute atomic E-state index is 0.0106. The summed E-state index contributed by atoms with van der Waals surface area (Å²) in [6.07, 6.45) is 0. The van der Waals surface area contributed by atoms with Gasteiger partial charge in [0.05, 0.1) is 6.04 Å². The molecule has 1 amide bonds. The molecule has 0 spiro atoms. The summed E-state index contributed by atoms with van der Waals surface area (Å²) in [5.41, 5.74) is 0. The lowest BCUT2D eigenvalue weighted by molar-refractivity contribution is -0.135. The summed E-state index contributed by atoms with van der Waals surface area (Å²) in [7, 11) is 0. The van der Waals surface area contributed by atoms with Crippen LogP contribution < -0.4 is 0 Å². The lowest BCUT2D eigenvalue weighted by Crippen LogP contribution is -2.40. The second-order valence-corrected chi connectivity index (χ2v) is 4.06. The molecule has 13 heavy (non-hydrogen) atoms. The topological polar surface area (TPSA) is 37.4 Å². The Hall–Kier alpha value is -0.860. The summed E-state index contributed by atoms with van der Waals surface area (Å²) in [6.45, 7) is 7.94. The zero-order chi connectivity index (χ0) is 10.2. The van der Waals surface area contributed by atoms with Gasteiger partial charge in [0.2, 0.25) is 5.91 Å². The van der Waals surface area contributed by atoms with Crippen molar-refractivity contribution >= 4 is 11.7 Å². The Kier molecular flexibility index (Phi) is 2.74. The molecular formula is C10H17NO2. The summed E-state index contributed by atoms with van der Waals surface area (Å²) >= 11 is 0. The molecule has 1 aliphatic rings. The molecule has 0 unspecified atom stereocenters. The smallest absolute Gasteiger partial charge is 0.220 e. The largest absolute Gasteiger partial charge is 0.332 e. The fourth-order valence-electron chi connectivity index (χ4n) is 2.10. The van der Waals surface area contributed by atoms with Gasteiger partial charge in [-0.25, -0.2) is 0 Å². The molecule has 1 heterocycles. The summed E-state index contributed by atoms with van der Waals surface area (Å²) in [5.74, 6) is 0.836. The average molecular weight is 183 g/mol. The number of likely N-dealkylation sites (tertiary alicyclic amines) is 1. The van der Waals surface area contributed by atoms with Gasteiger partial charge in [-0.3, -0.25) is 9.59 Å². The number of rotatable bonds is 1. The first-order valence-corrected chi connectivity index (χ1v) is 4.72. The third kappa shape index (κ3) is 1.74. The van der Waals surface area contributed by atoms with Crippen molar-refractivity contribution in [1.29, 1.82) is 0 Å². The summed E-state index contributed by atoms with van der Waals surface area (Å²) in [5, 5.41) is 0. The van der Waals surface area contributed by atoms with E-state index in [0.29, 0.717) is 11.8 Å². The van der Waals surface area contributed by atoms with Crippen LogP contribution in [0, 0.1) is 11.8 Å². The van der Waals surface area contributed by atoms with Gasteiger partial charge >= 0.3 is 0 Å². The van der Waals surface area contributed by atoms with Gasteiger partial charge in [-0.15, -0.1) is 0 Å². The third-order valence-electron chi connectivity index (χ3n) is 3.04. The Balaban J connectivity index is 2.86. The van der Waals surface area contributed by atoms with E-state index in [9.17, 15) is 9.59 Å². The highest BCUT2D eigenvalue weighted by atomic mass is 16.2. The summed E-state index contributed by atoms with van der Waals surface area (Å²) in [6, 6.07) is -0.188. The van der Waals surface area contributed by atoms with Crippen LogP contribution in [0.3, 0.4) is 0 Å². The molecule has 1 fully saturated rings. The quantitative estimate of drug-likeness (QED) is 0.610. The van der Waals surface area contributed by atoms with Gasteiger partial charge in [-0.2, -0.15) is 0 Å².